The summed E-state index contributed by atoms with van der Waals surface area (Å²) in [7, 11) is 2.03. The van der Waals surface area contributed by atoms with Crippen molar-refractivity contribution in [3.8, 4) is 0 Å². The summed E-state index contributed by atoms with van der Waals surface area (Å²) < 4.78 is 13.8. The van der Waals surface area contributed by atoms with Crippen molar-refractivity contribution in [3.05, 3.63) is 35.6 Å². The highest BCUT2D eigenvalue weighted by atomic mass is 19.1. The van der Waals surface area contributed by atoms with Crippen molar-refractivity contribution in [2.45, 2.75) is 46.2 Å². The van der Waals surface area contributed by atoms with Gasteiger partial charge in [-0.3, -0.25) is 4.90 Å². The molecule has 19 heavy (non-hydrogen) atoms. The number of rotatable bonds is 5. The number of halogens is 1. The van der Waals surface area contributed by atoms with E-state index in [2.05, 4.69) is 25.7 Å². The molecule has 0 aliphatic heterocycles. The van der Waals surface area contributed by atoms with Gasteiger partial charge in [0.15, 0.2) is 0 Å². The minimum atomic E-state index is -0.145. The van der Waals surface area contributed by atoms with Gasteiger partial charge in [-0.25, -0.2) is 4.39 Å². The summed E-state index contributed by atoms with van der Waals surface area (Å²) in [5, 5.41) is 0. The predicted molar refractivity (Wildman–Crippen MR) is 79.5 cm³/mol. The van der Waals surface area contributed by atoms with Crippen LogP contribution in [0.3, 0.4) is 0 Å². The van der Waals surface area contributed by atoms with Gasteiger partial charge < -0.3 is 5.73 Å². The van der Waals surface area contributed by atoms with Gasteiger partial charge in [0.25, 0.3) is 0 Å². The number of hydrogen-bond acceptors (Lipinski definition) is 2. The summed E-state index contributed by atoms with van der Waals surface area (Å²) in [4.78, 5) is 2.18. The SMILES string of the molecule is CC(c1ccccc1F)N(C)C(CN)CC(C)(C)C. The number of benzene rings is 1. The molecule has 0 saturated heterocycles. The van der Waals surface area contributed by atoms with Crippen molar-refractivity contribution < 1.29 is 4.39 Å². The second kappa shape index (κ2) is 6.49. The molecule has 0 heterocycles. The third-order valence-corrected chi connectivity index (χ3v) is 3.66. The molecule has 1 aromatic rings. The van der Waals surface area contributed by atoms with E-state index in [9.17, 15) is 4.39 Å². The van der Waals surface area contributed by atoms with Gasteiger partial charge in [0, 0.05) is 24.2 Å². The predicted octanol–water partition coefficient (Wildman–Crippen LogP) is 3.58. The molecule has 2 unspecified atom stereocenters. The largest absolute Gasteiger partial charge is 0.329 e. The standard InChI is InChI=1S/C16H27FN2/c1-12(14-8-6-7-9-15(14)17)19(5)13(11-18)10-16(2,3)4/h6-9,12-13H,10-11,18H2,1-5H3. The van der Waals surface area contributed by atoms with Crippen LogP contribution in [0.15, 0.2) is 24.3 Å². The zero-order valence-corrected chi connectivity index (χ0v) is 12.8. The molecule has 3 heteroatoms. The first-order chi connectivity index (χ1) is 8.76. The van der Waals surface area contributed by atoms with Crippen LogP contribution in [0.2, 0.25) is 0 Å². The zero-order chi connectivity index (χ0) is 14.6. The Morgan fingerprint density at radius 3 is 2.32 bits per heavy atom. The summed E-state index contributed by atoms with van der Waals surface area (Å²) in [6.45, 7) is 9.24. The highest BCUT2D eigenvalue weighted by molar-refractivity contribution is 5.20. The minimum Gasteiger partial charge on any atom is -0.329 e. The molecule has 0 aliphatic carbocycles. The average Bonchev–Trinajstić information content (AvgIpc) is 2.34. The Bertz CT molecular complexity index is 398. The van der Waals surface area contributed by atoms with E-state index >= 15 is 0 Å². The molecule has 108 valence electrons. The van der Waals surface area contributed by atoms with E-state index in [-0.39, 0.29) is 23.3 Å². The molecule has 2 atom stereocenters. The maximum atomic E-state index is 13.8. The van der Waals surface area contributed by atoms with Gasteiger partial charge in [-0.15, -0.1) is 0 Å². The van der Waals surface area contributed by atoms with E-state index in [1.165, 1.54) is 6.07 Å². The van der Waals surface area contributed by atoms with E-state index < -0.39 is 0 Å². The van der Waals surface area contributed by atoms with Gasteiger partial charge in [-0.05, 0) is 31.9 Å². The molecule has 0 radical (unpaired) electrons. The van der Waals surface area contributed by atoms with Crippen molar-refractivity contribution in [2.75, 3.05) is 13.6 Å². The van der Waals surface area contributed by atoms with Gasteiger partial charge in [0.1, 0.15) is 5.82 Å². The topological polar surface area (TPSA) is 29.3 Å². The monoisotopic (exact) mass is 266 g/mol. The van der Waals surface area contributed by atoms with Crippen LogP contribution in [-0.4, -0.2) is 24.5 Å². The van der Waals surface area contributed by atoms with Crippen LogP contribution in [0.25, 0.3) is 0 Å². The van der Waals surface area contributed by atoms with Gasteiger partial charge in [0.2, 0.25) is 0 Å². The van der Waals surface area contributed by atoms with Crippen molar-refractivity contribution in [1.82, 2.24) is 4.90 Å². The Labute approximate surface area is 116 Å². The van der Waals surface area contributed by atoms with E-state index in [4.69, 9.17) is 5.73 Å². The van der Waals surface area contributed by atoms with E-state index in [0.29, 0.717) is 6.54 Å². The van der Waals surface area contributed by atoms with Crippen LogP contribution in [0.1, 0.15) is 45.7 Å². The Hall–Kier alpha value is -0.930. The fraction of sp³-hybridized carbons (Fsp3) is 0.625. The van der Waals surface area contributed by atoms with E-state index in [1.807, 2.05) is 26.1 Å². The number of nitrogens with zero attached hydrogens (tertiary/aromatic N) is 1. The molecule has 1 rings (SSSR count). The summed E-state index contributed by atoms with van der Waals surface area (Å²) in [5.74, 6) is -0.145. The number of nitrogens with two attached hydrogens (primary N) is 1. The number of likely N-dealkylation sites (N-methyl/N-ethyl adjacent to an activating group) is 1. The summed E-state index contributed by atoms with van der Waals surface area (Å²) >= 11 is 0. The lowest BCUT2D eigenvalue weighted by Gasteiger charge is -2.36. The molecule has 2 N–H and O–H groups in total. The van der Waals surface area contributed by atoms with Crippen molar-refractivity contribution in [3.63, 3.8) is 0 Å². The fourth-order valence-corrected chi connectivity index (χ4v) is 2.45. The van der Waals surface area contributed by atoms with Gasteiger partial charge in [-0.2, -0.15) is 0 Å². The van der Waals surface area contributed by atoms with Crippen LogP contribution in [0.4, 0.5) is 4.39 Å². The minimum absolute atomic E-state index is 0.0251. The first kappa shape index (κ1) is 16.1. The Morgan fingerprint density at radius 2 is 1.84 bits per heavy atom. The zero-order valence-electron chi connectivity index (χ0n) is 12.8. The molecular weight excluding hydrogens is 239 g/mol. The number of hydrogen-bond donors (Lipinski definition) is 1. The van der Waals surface area contributed by atoms with Crippen LogP contribution >= 0.6 is 0 Å². The average molecular weight is 266 g/mol. The van der Waals surface area contributed by atoms with Crippen LogP contribution in [0.5, 0.6) is 0 Å². The van der Waals surface area contributed by atoms with Crippen LogP contribution < -0.4 is 5.73 Å². The lowest BCUT2D eigenvalue weighted by molar-refractivity contribution is 0.142. The van der Waals surface area contributed by atoms with Crippen LogP contribution in [-0.2, 0) is 0 Å². The lowest BCUT2D eigenvalue weighted by atomic mass is 9.87. The van der Waals surface area contributed by atoms with Crippen LogP contribution in [0, 0.1) is 11.2 Å². The van der Waals surface area contributed by atoms with Gasteiger partial charge in [0.05, 0.1) is 0 Å². The summed E-state index contributed by atoms with van der Waals surface area (Å²) in [6, 6.07) is 7.25. The first-order valence-corrected chi connectivity index (χ1v) is 6.92. The normalized spacial score (nSPS) is 15.6. The third-order valence-electron chi connectivity index (χ3n) is 3.66. The molecule has 0 aromatic heterocycles. The molecule has 0 spiro atoms. The molecular formula is C16H27FN2. The molecule has 2 nitrogen and oxygen atoms in total. The second-order valence-corrected chi connectivity index (χ2v) is 6.52. The van der Waals surface area contributed by atoms with E-state index in [1.54, 1.807) is 6.07 Å². The van der Waals surface area contributed by atoms with Gasteiger partial charge in [-0.1, -0.05) is 39.0 Å². The van der Waals surface area contributed by atoms with Crippen molar-refractivity contribution in [1.29, 1.82) is 0 Å². The molecule has 0 fully saturated rings. The molecule has 0 amide bonds. The Morgan fingerprint density at radius 1 is 1.26 bits per heavy atom. The summed E-state index contributed by atoms with van der Waals surface area (Å²) in [5.41, 5.74) is 6.85. The maximum Gasteiger partial charge on any atom is 0.127 e. The van der Waals surface area contributed by atoms with Gasteiger partial charge >= 0.3 is 0 Å². The van der Waals surface area contributed by atoms with Crippen molar-refractivity contribution >= 4 is 0 Å². The fourth-order valence-electron chi connectivity index (χ4n) is 2.45. The molecule has 0 aliphatic rings. The second-order valence-electron chi connectivity index (χ2n) is 6.52. The Kier molecular flexibility index (Phi) is 5.50. The quantitative estimate of drug-likeness (QED) is 0.882. The smallest absolute Gasteiger partial charge is 0.127 e. The third kappa shape index (κ3) is 4.59. The molecule has 0 bridgehead atoms. The first-order valence-electron chi connectivity index (χ1n) is 6.92. The molecule has 1 aromatic carbocycles. The highest BCUT2D eigenvalue weighted by Gasteiger charge is 2.25. The maximum absolute atomic E-state index is 13.8. The highest BCUT2D eigenvalue weighted by Crippen LogP contribution is 2.28. The Balaban J connectivity index is 2.86. The summed E-state index contributed by atoms with van der Waals surface area (Å²) in [6.07, 6.45) is 0.999. The van der Waals surface area contributed by atoms with Crippen molar-refractivity contribution in [2.24, 2.45) is 11.1 Å². The molecule has 0 saturated carbocycles. The lowest BCUT2D eigenvalue weighted by Crippen LogP contribution is -2.42. The van der Waals surface area contributed by atoms with E-state index in [0.717, 1.165) is 12.0 Å².